The molecule has 14 rings (SSSR count). The first kappa shape index (κ1) is 34.2. The molecule has 0 saturated carbocycles. The van der Waals surface area contributed by atoms with Crippen LogP contribution in [-0.2, 0) is 10.8 Å². The molecule has 12 aromatic carbocycles. The molecule has 0 aromatic heterocycles. The first-order chi connectivity index (χ1) is 49.2. The second-order valence-corrected chi connectivity index (χ2v) is 23.6. The van der Waals surface area contributed by atoms with Gasteiger partial charge in [-0.1, -0.05) is 265 Å². The van der Waals surface area contributed by atoms with E-state index in [-0.39, 0.29) is 45.3 Å². The third kappa shape index (κ3) is 8.26. The van der Waals surface area contributed by atoms with Crippen LogP contribution in [0.4, 0.5) is 34.1 Å². The fourth-order valence-electron chi connectivity index (χ4n) is 13.9. The Kier molecular flexibility index (Phi) is 8.13. The molecule has 2 unspecified atom stereocenters. The summed E-state index contributed by atoms with van der Waals surface area (Å²) in [6.07, 6.45) is 0. The summed E-state index contributed by atoms with van der Waals surface area (Å²) in [6.45, 7) is -10.0. The molecule has 0 N–H and O–H groups in total. The summed E-state index contributed by atoms with van der Waals surface area (Å²) in [4.78, 5) is 3.20. The Hall–Kier alpha value is -8.72. The van der Waals surface area contributed by atoms with Gasteiger partial charge >= 0.3 is 0 Å². The molecular formula is C82H76N2. The minimum Gasteiger partial charge on any atom is -0.309 e. The standard InChI is InChI=1S/C82H76N2/c1-49(2)59-37-33-57(53-23-15-13-16-24-53)43-75(59)83(77-47-67-61-27-19-21-29-69(61)81(9,10)71(67)45-65(77)51(5)6)73-41-35-55-32-40-64-74(42-36-56-31-39-63(73)79(55)80(56)64)84(76-44-58(34-38-60(76)50(3)4)54-25-17-14-18-26-54)78-48-68-62-28-20-22-30-70(62)82(11,12)72(68)46-66(78)52(7)8/h13-52H,1-12H3/i1D3,2D3,3D3,5D3,7D3,8D3,49D,50D,51D,52D. The number of anilines is 6. The summed E-state index contributed by atoms with van der Waals surface area (Å²) in [5.74, 6) is -11.8. The van der Waals surface area contributed by atoms with E-state index in [4.69, 9.17) is 12.3 Å². The smallest absolute Gasteiger partial charge is 0.0540 e. The van der Waals surface area contributed by atoms with Gasteiger partial charge in [0.1, 0.15) is 0 Å². The Labute approximate surface area is 529 Å². The maximum Gasteiger partial charge on any atom is 0.0540 e. The number of benzene rings is 12. The molecule has 2 nitrogen and oxygen atoms in total. The number of nitrogens with zero attached hydrogens (tertiary/aromatic N) is 2. The second-order valence-electron chi connectivity index (χ2n) is 23.6. The van der Waals surface area contributed by atoms with E-state index >= 15 is 0 Å². The van der Waals surface area contributed by atoms with Crippen molar-refractivity contribution in [1.82, 2.24) is 0 Å². The largest absolute Gasteiger partial charge is 0.309 e. The van der Waals surface area contributed by atoms with E-state index in [1.807, 2.05) is 149 Å². The van der Waals surface area contributed by atoms with Crippen molar-refractivity contribution in [1.29, 1.82) is 0 Å². The molecule has 0 aliphatic heterocycles. The molecule has 0 amide bonds. The predicted octanol–water partition coefficient (Wildman–Crippen LogP) is 24.0. The van der Waals surface area contributed by atoms with Crippen LogP contribution >= 0.6 is 0 Å². The molecule has 84 heavy (non-hydrogen) atoms. The molecule has 0 saturated heterocycles. The summed E-state index contributed by atoms with van der Waals surface area (Å²) in [6, 6.07) is 63.9. The minimum atomic E-state index is -3.59. The van der Waals surface area contributed by atoms with Crippen LogP contribution in [0.15, 0.2) is 218 Å². The van der Waals surface area contributed by atoms with Crippen LogP contribution in [0.5, 0.6) is 0 Å². The van der Waals surface area contributed by atoms with Gasteiger partial charge in [-0.2, -0.15) is 0 Å². The molecule has 414 valence electrons. The summed E-state index contributed by atoms with van der Waals surface area (Å²) >= 11 is 0. The highest BCUT2D eigenvalue weighted by Gasteiger charge is 2.40. The Bertz CT molecular complexity index is 5400. The molecule has 2 aliphatic rings. The Balaban J connectivity index is 1.18. The highest BCUT2D eigenvalue weighted by molar-refractivity contribution is 6.28. The zero-order valence-corrected chi connectivity index (χ0v) is 47.7. The average Bonchev–Trinajstić information content (AvgIpc) is 1.23. The lowest BCUT2D eigenvalue weighted by Gasteiger charge is -2.35. The van der Waals surface area contributed by atoms with Gasteiger partial charge in [-0.05, 0) is 171 Å². The van der Waals surface area contributed by atoms with Crippen LogP contribution in [0.2, 0.25) is 0 Å². The van der Waals surface area contributed by atoms with Gasteiger partial charge in [0.25, 0.3) is 0 Å². The number of rotatable bonds is 12. The van der Waals surface area contributed by atoms with Crippen molar-refractivity contribution in [3.8, 4) is 44.5 Å². The van der Waals surface area contributed by atoms with Gasteiger partial charge in [0.2, 0.25) is 0 Å². The zero-order valence-electron chi connectivity index (χ0n) is 69.7. The number of fused-ring (bicyclic) bond motifs is 6. The lowest BCUT2D eigenvalue weighted by molar-refractivity contribution is 0.658. The van der Waals surface area contributed by atoms with Crippen molar-refractivity contribution in [3.63, 3.8) is 0 Å². The summed E-state index contributed by atoms with van der Waals surface area (Å²) in [5, 5.41) is 2.96. The van der Waals surface area contributed by atoms with Crippen LogP contribution in [0.3, 0.4) is 0 Å². The molecule has 0 bridgehead atoms. The van der Waals surface area contributed by atoms with E-state index < -0.39 is 86.6 Å². The molecular weight excluding hydrogens is 1010 g/mol. The third-order valence-corrected chi connectivity index (χ3v) is 18.0. The van der Waals surface area contributed by atoms with Gasteiger partial charge in [-0.25, -0.2) is 0 Å². The SMILES string of the molecule is [2H]C([2H])([2H])C([2H])(C)c1ccc(-c2ccccc2)cc1N(c1cc2c(cc1C([2H])(C([2H])([2H])[2H])C([2H])([2H])[2H])C(C)(C)c1ccccc1-2)c1ccc2ccc3c(N(c4cc5c(cc4C([2H])(C)C([2H])([2H])[2H])C(C)(C)c4ccccc4-5)c4cc(-c5ccccc5)ccc4C([2H])(C([2H])([2H])[2H])C([2H])([2H])[2H])ccc4ccc1c2c43. The third-order valence-electron chi connectivity index (χ3n) is 18.0. The fraction of sp³-hybridized carbons (Fsp3) is 0.220. The summed E-state index contributed by atoms with van der Waals surface area (Å²) in [5.41, 5.74) is 5.38. The molecule has 0 heterocycles. The van der Waals surface area contributed by atoms with Crippen molar-refractivity contribution in [3.05, 3.63) is 263 Å². The van der Waals surface area contributed by atoms with Gasteiger partial charge in [-0.15, -0.1) is 0 Å². The van der Waals surface area contributed by atoms with Crippen molar-refractivity contribution in [2.24, 2.45) is 0 Å². The van der Waals surface area contributed by atoms with Crippen molar-refractivity contribution in [2.45, 2.75) is 117 Å². The monoisotopic (exact) mass is 1110 g/mol. The van der Waals surface area contributed by atoms with Gasteiger partial charge in [0, 0.05) is 51.8 Å². The number of hydrogen-bond donors (Lipinski definition) is 0. The normalized spacial score (nSPS) is 20.3. The van der Waals surface area contributed by atoms with Gasteiger partial charge in [0.15, 0.2) is 0 Å². The average molecular weight is 1110 g/mol. The van der Waals surface area contributed by atoms with E-state index in [0.29, 0.717) is 76.8 Å². The van der Waals surface area contributed by atoms with E-state index in [9.17, 15) is 17.8 Å². The van der Waals surface area contributed by atoms with Crippen molar-refractivity contribution in [2.75, 3.05) is 9.80 Å². The van der Waals surface area contributed by atoms with E-state index in [0.717, 1.165) is 22.3 Å². The van der Waals surface area contributed by atoms with E-state index in [1.54, 1.807) is 94.7 Å². The predicted molar refractivity (Wildman–Crippen MR) is 362 cm³/mol. The zero-order chi connectivity index (χ0) is 76.8. The summed E-state index contributed by atoms with van der Waals surface area (Å²) < 4.78 is 206. The van der Waals surface area contributed by atoms with Crippen LogP contribution in [-0.4, -0.2) is 0 Å². The molecule has 12 aromatic rings. The highest BCUT2D eigenvalue weighted by Crippen LogP contribution is 2.58. The van der Waals surface area contributed by atoms with E-state index in [1.165, 1.54) is 26.0 Å². The maximum absolute atomic E-state index is 10.3. The minimum absolute atomic E-state index is 0.0249. The summed E-state index contributed by atoms with van der Waals surface area (Å²) in [7, 11) is 0. The lowest BCUT2D eigenvalue weighted by atomic mass is 9.80. The van der Waals surface area contributed by atoms with Crippen LogP contribution in [0.25, 0.3) is 76.8 Å². The molecule has 0 fully saturated rings. The van der Waals surface area contributed by atoms with Crippen molar-refractivity contribution < 1.29 is 30.2 Å². The first-order valence-electron chi connectivity index (χ1n) is 39.5. The topological polar surface area (TPSA) is 6.48 Å². The molecule has 2 aliphatic carbocycles. The Morgan fingerprint density at radius 1 is 0.310 bits per heavy atom. The highest BCUT2D eigenvalue weighted by atomic mass is 15.2. The van der Waals surface area contributed by atoms with Gasteiger partial charge in [-0.3, -0.25) is 0 Å². The first-order valence-corrected chi connectivity index (χ1v) is 28.5. The maximum atomic E-state index is 10.3. The van der Waals surface area contributed by atoms with Gasteiger partial charge < -0.3 is 9.80 Å². The molecule has 0 radical (unpaired) electrons. The van der Waals surface area contributed by atoms with E-state index in [2.05, 4.69) is 0 Å². The number of hydrogen-bond acceptors (Lipinski definition) is 2. The second kappa shape index (κ2) is 20.0. The lowest BCUT2D eigenvalue weighted by Crippen LogP contribution is -2.19. The van der Waals surface area contributed by atoms with Crippen LogP contribution < -0.4 is 9.80 Å². The van der Waals surface area contributed by atoms with Crippen LogP contribution in [0.1, 0.15) is 181 Å². The Morgan fingerprint density at radius 3 is 1.13 bits per heavy atom. The molecule has 0 spiro atoms. The van der Waals surface area contributed by atoms with Crippen LogP contribution in [0, 0.1) is 0 Å². The molecule has 2 heteroatoms. The van der Waals surface area contributed by atoms with Gasteiger partial charge in [0.05, 0.1) is 34.1 Å². The fourth-order valence-corrected chi connectivity index (χ4v) is 13.9. The quantitative estimate of drug-likeness (QED) is 0.113. The van der Waals surface area contributed by atoms with Crippen molar-refractivity contribution >= 4 is 66.4 Å². The Morgan fingerprint density at radius 2 is 0.679 bits per heavy atom. The molecule has 2 atom stereocenters.